The van der Waals surface area contributed by atoms with Crippen molar-refractivity contribution < 1.29 is 18.6 Å². The molecule has 0 amide bonds. The van der Waals surface area contributed by atoms with Gasteiger partial charge in [-0.3, -0.25) is 4.57 Å². The van der Waals surface area contributed by atoms with Crippen molar-refractivity contribution in [3.05, 3.63) is 22.5 Å². The average Bonchev–Trinajstić information content (AvgIpc) is 2.80. The lowest BCUT2D eigenvalue weighted by Crippen LogP contribution is -2.35. The third kappa shape index (κ3) is 2.00. The normalized spacial score (nSPS) is 35.2. The lowest BCUT2D eigenvalue weighted by atomic mass is 10.1. The number of fused-ring (bicyclic) bond motifs is 1. The predicted octanol–water partition coefficient (Wildman–Crippen LogP) is 0.402. The minimum atomic E-state index is -0.785. The highest BCUT2D eigenvalue weighted by Crippen LogP contribution is 2.42. The van der Waals surface area contributed by atoms with E-state index in [1.807, 2.05) is 6.92 Å². The van der Waals surface area contributed by atoms with Gasteiger partial charge in [-0.2, -0.15) is 4.98 Å². The fourth-order valence-corrected chi connectivity index (χ4v) is 2.64. The number of ether oxygens (including phenoxy) is 3. The van der Waals surface area contributed by atoms with Gasteiger partial charge in [0, 0.05) is 0 Å². The number of halogens is 1. The monoisotopic (exact) mass is 285 g/mol. The van der Waals surface area contributed by atoms with Crippen LogP contribution >= 0.6 is 0 Å². The van der Waals surface area contributed by atoms with Crippen molar-refractivity contribution >= 4 is 5.82 Å². The summed E-state index contributed by atoms with van der Waals surface area (Å²) in [6.07, 6.45) is -0.893. The standard InChI is InChI=1S/C12H16FN3O4/c1-5-7-8(20-12(2,3)19-7)10(18-5)16-4-6(13)9(14)15-11(16)17/h4-5,7-8,10H,1-3H3,(H2,14,15,17)/t5-,7+,8+,10-/m1/s1. The zero-order valence-corrected chi connectivity index (χ0v) is 11.4. The van der Waals surface area contributed by atoms with Crippen LogP contribution in [0.5, 0.6) is 0 Å². The van der Waals surface area contributed by atoms with Crippen molar-refractivity contribution in [3.8, 4) is 0 Å². The molecule has 20 heavy (non-hydrogen) atoms. The quantitative estimate of drug-likeness (QED) is 0.803. The van der Waals surface area contributed by atoms with Crippen molar-refractivity contribution in [1.29, 1.82) is 0 Å². The first kappa shape index (κ1) is 13.5. The SMILES string of the molecule is C[C@H]1O[C@@H](n2cc(F)c(N)nc2=O)[C@H]2OC(C)(C)O[C@H]21. The maximum Gasteiger partial charge on any atom is 0.351 e. The van der Waals surface area contributed by atoms with Gasteiger partial charge in [0.25, 0.3) is 0 Å². The Balaban J connectivity index is 1.99. The van der Waals surface area contributed by atoms with Crippen molar-refractivity contribution in [1.82, 2.24) is 9.55 Å². The Hall–Kier alpha value is -1.51. The number of hydrogen-bond acceptors (Lipinski definition) is 6. The molecule has 0 bridgehead atoms. The first-order valence-corrected chi connectivity index (χ1v) is 6.34. The fraction of sp³-hybridized carbons (Fsp3) is 0.667. The predicted molar refractivity (Wildman–Crippen MR) is 66.3 cm³/mol. The molecule has 0 aromatic carbocycles. The van der Waals surface area contributed by atoms with E-state index in [0.717, 1.165) is 10.8 Å². The summed E-state index contributed by atoms with van der Waals surface area (Å²) in [6, 6.07) is 0. The third-order valence-corrected chi connectivity index (χ3v) is 3.47. The van der Waals surface area contributed by atoms with Crippen molar-refractivity contribution in [2.24, 2.45) is 0 Å². The van der Waals surface area contributed by atoms with Crippen LogP contribution in [0.4, 0.5) is 10.2 Å². The fourth-order valence-electron chi connectivity index (χ4n) is 2.64. The van der Waals surface area contributed by atoms with Crippen LogP contribution in [-0.2, 0) is 14.2 Å². The van der Waals surface area contributed by atoms with Gasteiger partial charge >= 0.3 is 5.69 Å². The summed E-state index contributed by atoms with van der Waals surface area (Å²) in [5.74, 6) is -1.98. The lowest BCUT2D eigenvalue weighted by Gasteiger charge is -2.23. The molecule has 3 heterocycles. The van der Waals surface area contributed by atoms with Gasteiger partial charge < -0.3 is 19.9 Å². The van der Waals surface area contributed by atoms with Crippen LogP contribution in [0.1, 0.15) is 27.0 Å². The number of rotatable bonds is 1. The zero-order chi connectivity index (χ0) is 14.7. The molecule has 2 saturated heterocycles. The second-order valence-electron chi connectivity index (χ2n) is 5.46. The molecule has 0 aliphatic carbocycles. The summed E-state index contributed by atoms with van der Waals surface area (Å²) in [6.45, 7) is 5.37. The van der Waals surface area contributed by atoms with E-state index >= 15 is 0 Å². The van der Waals surface area contributed by atoms with Gasteiger partial charge in [0.2, 0.25) is 0 Å². The molecule has 0 unspecified atom stereocenters. The van der Waals surface area contributed by atoms with E-state index in [1.165, 1.54) is 0 Å². The number of nitrogens with two attached hydrogens (primary N) is 1. The first-order chi connectivity index (χ1) is 9.28. The highest BCUT2D eigenvalue weighted by atomic mass is 19.1. The molecule has 1 aromatic heterocycles. The lowest BCUT2D eigenvalue weighted by molar-refractivity contribution is -0.195. The molecule has 2 aliphatic rings. The van der Waals surface area contributed by atoms with Gasteiger partial charge in [0.15, 0.2) is 23.7 Å². The topological polar surface area (TPSA) is 88.6 Å². The van der Waals surface area contributed by atoms with Gasteiger partial charge in [-0.1, -0.05) is 0 Å². The molecule has 3 rings (SSSR count). The molecular weight excluding hydrogens is 269 g/mol. The summed E-state index contributed by atoms with van der Waals surface area (Å²) in [5.41, 5.74) is 4.58. The van der Waals surface area contributed by atoms with Crippen molar-refractivity contribution in [2.75, 3.05) is 5.73 Å². The van der Waals surface area contributed by atoms with E-state index in [1.54, 1.807) is 13.8 Å². The molecule has 0 saturated carbocycles. The number of anilines is 1. The zero-order valence-electron chi connectivity index (χ0n) is 11.4. The highest BCUT2D eigenvalue weighted by Gasteiger charge is 2.54. The molecule has 4 atom stereocenters. The summed E-state index contributed by atoms with van der Waals surface area (Å²) in [7, 11) is 0. The molecule has 2 fully saturated rings. The van der Waals surface area contributed by atoms with Crippen LogP contribution in [0.2, 0.25) is 0 Å². The Morgan fingerprint density at radius 1 is 1.40 bits per heavy atom. The Bertz CT molecular complexity index is 603. The van der Waals surface area contributed by atoms with Gasteiger partial charge in [0.1, 0.15) is 12.2 Å². The van der Waals surface area contributed by atoms with E-state index in [4.69, 9.17) is 19.9 Å². The summed E-state index contributed by atoms with van der Waals surface area (Å²) in [4.78, 5) is 15.3. The summed E-state index contributed by atoms with van der Waals surface area (Å²) in [5, 5.41) is 0. The number of nitrogens with zero attached hydrogens (tertiary/aromatic N) is 2. The van der Waals surface area contributed by atoms with Crippen LogP contribution in [0.25, 0.3) is 0 Å². The minimum Gasteiger partial charge on any atom is -0.381 e. The maximum atomic E-state index is 13.5. The van der Waals surface area contributed by atoms with E-state index in [2.05, 4.69) is 4.98 Å². The molecule has 2 N–H and O–H groups in total. The van der Waals surface area contributed by atoms with Crippen LogP contribution < -0.4 is 11.4 Å². The number of nitrogen functional groups attached to an aromatic ring is 1. The molecule has 2 aliphatic heterocycles. The van der Waals surface area contributed by atoms with Crippen molar-refractivity contribution in [3.63, 3.8) is 0 Å². The van der Waals surface area contributed by atoms with Crippen LogP contribution in [0, 0.1) is 5.82 Å². The summed E-state index contributed by atoms with van der Waals surface area (Å²) >= 11 is 0. The largest absolute Gasteiger partial charge is 0.381 e. The second kappa shape index (κ2) is 4.24. The smallest absolute Gasteiger partial charge is 0.351 e. The van der Waals surface area contributed by atoms with E-state index in [-0.39, 0.29) is 12.2 Å². The average molecular weight is 285 g/mol. The van der Waals surface area contributed by atoms with Crippen LogP contribution in [-0.4, -0.2) is 33.7 Å². The molecular formula is C12H16FN3O4. The highest BCUT2D eigenvalue weighted by molar-refractivity contribution is 5.26. The number of hydrogen-bond donors (Lipinski definition) is 1. The molecule has 8 heteroatoms. The van der Waals surface area contributed by atoms with Gasteiger partial charge in [-0.25, -0.2) is 9.18 Å². The van der Waals surface area contributed by atoms with Gasteiger partial charge in [-0.05, 0) is 20.8 Å². The molecule has 0 spiro atoms. The Kier molecular flexibility index (Phi) is 2.86. The first-order valence-electron chi connectivity index (χ1n) is 6.34. The minimum absolute atomic E-state index is 0.278. The molecule has 110 valence electrons. The van der Waals surface area contributed by atoms with E-state index in [0.29, 0.717) is 0 Å². The molecule has 7 nitrogen and oxygen atoms in total. The Morgan fingerprint density at radius 3 is 2.75 bits per heavy atom. The van der Waals surface area contributed by atoms with Crippen molar-refractivity contribution in [2.45, 2.75) is 51.1 Å². The van der Waals surface area contributed by atoms with Gasteiger partial charge in [-0.15, -0.1) is 0 Å². The Morgan fingerprint density at radius 2 is 2.05 bits per heavy atom. The molecule has 1 aromatic rings. The van der Waals surface area contributed by atoms with Gasteiger partial charge in [0.05, 0.1) is 12.3 Å². The molecule has 0 radical (unpaired) electrons. The third-order valence-electron chi connectivity index (χ3n) is 3.47. The summed E-state index contributed by atoms with van der Waals surface area (Å²) < 4.78 is 31.7. The van der Waals surface area contributed by atoms with Crippen LogP contribution in [0.15, 0.2) is 11.0 Å². The Labute approximate surface area is 114 Å². The maximum absolute atomic E-state index is 13.5. The van der Waals surface area contributed by atoms with Crippen LogP contribution in [0.3, 0.4) is 0 Å². The number of aromatic nitrogens is 2. The van der Waals surface area contributed by atoms with E-state index < -0.39 is 35.4 Å². The second-order valence-corrected chi connectivity index (χ2v) is 5.46. The van der Waals surface area contributed by atoms with E-state index in [9.17, 15) is 9.18 Å².